The standard InChI is InChI=1S/C21H24N4O3S/c1-4-25(5-2)19-10-6-17(7-11-19)15-22-18-8-12-20(13-9-18)29(26,27)24-21-14-16(3)28-23-21/h6-15H,4-5H2,1-3H3,(H,23,24). The van der Waals surface area contributed by atoms with Gasteiger partial charge in [-0.25, -0.2) is 8.42 Å². The van der Waals surface area contributed by atoms with Gasteiger partial charge in [0.15, 0.2) is 5.82 Å². The van der Waals surface area contributed by atoms with Crippen molar-refractivity contribution in [1.29, 1.82) is 0 Å². The van der Waals surface area contributed by atoms with Gasteiger partial charge < -0.3 is 9.42 Å². The summed E-state index contributed by atoms with van der Waals surface area (Å²) in [5, 5.41) is 3.64. The Balaban J connectivity index is 1.68. The zero-order valence-electron chi connectivity index (χ0n) is 16.7. The van der Waals surface area contributed by atoms with Gasteiger partial charge in [-0.15, -0.1) is 0 Å². The molecule has 1 heterocycles. The van der Waals surface area contributed by atoms with Crippen LogP contribution < -0.4 is 9.62 Å². The summed E-state index contributed by atoms with van der Waals surface area (Å²) in [6, 6.07) is 16.0. The lowest BCUT2D eigenvalue weighted by Crippen LogP contribution is -2.21. The van der Waals surface area contributed by atoms with Crippen LogP contribution in [0.2, 0.25) is 0 Å². The summed E-state index contributed by atoms with van der Waals surface area (Å²) in [6.07, 6.45) is 1.76. The molecular formula is C21H24N4O3S. The van der Waals surface area contributed by atoms with Gasteiger partial charge in [0.1, 0.15) is 5.76 Å². The van der Waals surface area contributed by atoms with Crippen LogP contribution in [0.3, 0.4) is 0 Å². The molecule has 2 aromatic carbocycles. The van der Waals surface area contributed by atoms with Gasteiger partial charge in [-0.3, -0.25) is 9.71 Å². The van der Waals surface area contributed by atoms with Gasteiger partial charge in [0.05, 0.1) is 10.6 Å². The molecule has 0 saturated heterocycles. The van der Waals surface area contributed by atoms with E-state index in [0.717, 1.165) is 18.7 Å². The molecule has 29 heavy (non-hydrogen) atoms. The van der Waals surface area contributed by atoms with E-state index < -0.39 is 10.0 Å². The van der Waals surface area contributed by atoms with Crippen LogP contribution in [0.5, 0.6) is 0 Å². The van der Waals surface area contributed by atoms with Crippen LogP contribution in [-0.4, -0.2) is 32.9 Å². The predicted octanol–water partition coefficient (Wildman–Crippen LogP) is 4.38. The van der Waals surface area contributed by atoms with Crippen LogP contribution in [0.4, 0.5) is 17.2 Å². The molecule has 0 aliphatic rings. The maximum Gasteiger partial charge on any atom is 0.263 e. The quantitative estimate of drug-likeness (QED) is 0.555. The molecule has 0 saturated carbocycles. The van der Waals surface area contributed by atoms with Crippen molar-refractivity contribution in [3.05, 3.63) is 65.9 Å². The normalized spacial score (nSPS) is 11.7. The number of anilines is 2. The van der Waals surface area contributed by atoms with Crippen molar-refractivity contribution in [2.45, 2.75) is 25.7 Å². The maximum absolute atomic E-state index is 12.4. The Morgan fingerprint density at radius 2 is 1.72 bits per heavy atom. The lowest BCUT2D eigenvalue weighted by molar-refractivity contribution is 0.400. The molecule has 0 unspecified atom stereocenters. The number of nitrogens with one attached hydrogen (secondary N) is 1. The Bertz CT molecular complexity index is 1070. The summed E-state index contributed by atoms with van der Waals surface area (Å²) in [5.41, 5.74) is 2.81. The first kappa shape index (κ1) is 20.6. The largest absolute Gasteiger partial charge is 0.372 e. The summed E-state index contributed by atoms with van der Waals surface area (Å²) in [7, 11) is -3.73. The first-order valence-corrected chi connectivity index (χ1v) is 10.8. The fraction of sp³-hybridized carbons (Fsp3) is 0.238. The van der Waals surface area contributed by atoms with E-state index in [1.807, 2.05) is 12.1 Å². The molecule has 0 amide bonds. The molecule has 1 aromatic heterocycles. The molecule has 0 fully saturated rings. The van der Waals surface area contributed by atoms with E-state index in [9.17, 15) is 8.42 Å². The van der Waals surface area contributed by atoms with Crippen LogP contribution in [0.15, 0.2) is 69.0 Å². The Kier molecular flexibility index (Phi) is 6.33. The molecule has 3 rings (SSSR count). The van der Waals surface area contributed by atoms with Gasteiger partial charge >= 0.3 is 0 Å². The lowest BCUT2D eigenvalue weighted by Gasteiger charge is -2.20. The van der Waals surface area contributed by atoms with Crippen LogP contribution in [0.1, 0.15) is 25.2 Å². The van der Waals surface area contributed by atoms with E-state index >= 15 is 0 Å². The van der Waals surface area contributed by atoms with Crippen LogP contribution in [-0.2, 0) is 10.0 Å². The Labute approximate surface area is 171 Å². The molecule has 1 N–H and O–H groups in total. The minimum absolute atomic E-state index is 0.126. The first-order chi connectivity index (χ1) is 13.9. The van der Waals surface area contributed by atoms with Crippen molar-refractivity contribution in [3.8, 4) is 0 Å². The summed E-state index contributed by atoms with van der Waals surface area (Å²) >= 11 is 0. The molecular weight excluding hydrogens is 388 g/mol. The molecule has 0 bridgehead atoms. The van der Waals surface area contributed by atoms with Crippen molar-refractivity contribution < 1.29 is 12.9 Å². The van der Waals surface area contributed by atoms with Gasteiger partial charge in [-0.2, -0.15) is 0 Å². The fourth-order valence-electron chi connectivity index (χ4n) is 2.83. The van der Waals surface area contributed by atoms with E-state index in [1.54, 1.807) is 25.3 Å². The fourth-order valence-corrected chi connectivity index (χ4v) is 3.82. The Hall–Kier alpha value is -3.13. The molecule has 3 aromatic rings. The van der Waals surface area contributed by atoms with Crippen LogP contribution >= 0.6 is 0 Å². The molecule has 0 atom stereocenters. The topological polar surface area (TPSA) is 87.8 Å². The van der Waals surface area contributed by atoms with Crippen molar-refractivity contribution >= 4 is 33.4 Å². The lowest BCUT2D eigenvalue weighted by atomic mass is 10.2. The average molecular weight is 413 g/mol. The number of hydrogen-bond acceptors (Lipinski definition) is 6. The van der Waals surface area contributed by atoms with Crippen molar-refractivity contribution in [3.63, 3.8) is 0 Å². The van der Waals surface area contributed by atoms with Crippen molar-refractivity contribution in [2.24, 2.45) is 4.99 Å². The number of nitrogens with zero attached hydrogens (tertiary/aromatic N) is 3. The van der Waals surface area contributed by atoms with Gasteiger partial charge in [0.25, 0.3) is 10.0 Å². The number of aryl methyl sites for hydroxylation is 1. The highest BCUT2D eigenvalue weighted by molar-refractivity contribution is 7.92. The molecule has 8 heteroatoms. The number of aliphatic imine (C=N–C) groups is 1. The number of benzene rings is 2. The predicted molar refractivity (Wildman–Crippen MR) is 116 cm³/mol. The second-order valence-electron chi connectivity index (χ2n) is 6.44. The zero-order chi connectivity index (χ0) is 20.9. The van der Waals surface area contributed by atoms with Gasteiger partial charge in [-0.05, 0) is 62.7 Å². The number of aromatic nitrogens is 1. The summed E-state index contributed by atoms with van der Waals surface area (Å²) in [4.78, 5) is 6.82. The third-order valence-electron chi connectivity index (χ3n) is 4.40. The molecule has 152 valence electrons. The third kappa shape index (κ3) is 5.23. The number of rotatable bonds is 8. The highest BCUT2D eigenvalue weighted by Crippen LogP contribution is 2.20. The van der Waals surface area contributed by atoms with E-state index in [-0.39, 0.29) is 10.7 Å². The average Bonchev–Trinajstić information content (AvgIpc) is 3.12. The number of hydrogen-bond donors (Lipinski definition) is 1. The second kappa shape index (κ2) is 8.91. The maximum atomic E-state index is 12.4. The summed E-state index contributed by atoms with van der Waals surface area (Å²) in [6.45, 7) is 7.87. The molecule has 0 radical (unpaired) electrons. The smallest absolute Gasteiger partial charge is 0.263 e. The van der Waals surface area contributed by atoms with Crippen LogP contribution in [0.25, 0.3) is 0 Å². The molecule has 7 nitrogen and oxygen atoms in total. The van der Waals surface area contributed by atoms with Crippen molar-refractivity contribution in [1.82, 2.24) is 5.16 Å². The highest BCUT2D eigenvalue weighted by Gasteiger charge is 2.16. The van der Waals surface area contributed by atoms with Gasteiger partial charge in [0.2, 0.25) is 0 Å². The highest BCUT2D eigenvalue weighted by atomic mass is 32.2. The third-order valence-corrected chi connectivity index (χ3v) is 5.77. The summed E-state index contributed by atoms with van der Waals surface area (Å²) in [5.74, 6) is 0.676. The monoisotopic (exact) mass is 412 g/mol. The Morgan fingerprint density at radius 3 is 2.28 bits per heavy atom. The van der Waals surface area contributed by atoms with Gasteiger partial charge in [-0.1, -0.05) is 17.3 Å². The van der Waals surface area contributed by atoms with E-state index in [0.29, 0.717) is 11.4 Å². The first-order valence-electron chi connectivity index (χ1n) is 9.36. The second-order valence-corrected chi connectivity index (χ2v) is 8.13. The van der Waals surface area contributed by atoms with Crippen LogP contribution in [0, 0.1) is 6.92 Å². The Morgan fingerprint density at radius 1 is 1.07 bits per heavy atom. The van der Waals surface area contributed by atoms with Crippen molar-refractivity contribution in [2.75, 3.05) is 22.7 Å². The minimum Gasteiger partial charge on any atom is -0.372 e. The molecule has 0 aliphatic carbocycles. The van der Waals surface area contributed by atoms with E-state index in [4.69, 9.17) is 4.52 Å². The zero-order valence-corrected chi connectivity index (χ0v) is 17.5. The SMILES string of the molecule is CCN(CC)c1ccc(C=Nc2ccc(S(=O)(=O)Nc3cc(C)on3)cc2)cc1. The summed E-state index contributed by atoms with van der Waals surface area (Å²) < 4.78 is 32.1. The molecule has 0 spiro atoms. The van der Waals surface area contributed by atoms with Gasteiger partial charge in [0, 0.05) is 31.1 Å². The van der Waals surface area contributed by atoms with E-state index in [1.165, 1.54) is 23.9 Å². The molecule has 0 aliphatic heterocycles. The minimum atomic E-state index is -3.73. The van der Waals surface area contributed by atoms with E-state index in [2.05, 4.69) is 45.8 Å². The number of sulfonamides is 1.